The lowest BCUT2D eigenvalue weighted by molar-refractivity contribution is 0.0577. The van der Waals surface area contributed by atoms with E-state index in [1.54, 1.807) is 0 Å². The number of rotatable bonds is 3. The Balaban J connectivity index is 1.42. The van der Waals surface area contributed by atoms with Crippen LogP contribution in [0.15, 0.2) is 48.5 Å². The molecule has 2 N–H and O–H groups in total. The molecule has 3 atom stereocenters. The maximum Gasteiger partial charge on any atom is 0.322 e. The quantitative estimate of drug-likeness (QED) is 0.800. The van der Waals surface area contributed by atoms with Gasteiger partial charge < -0.3 is 15.5 Å². The third-order valence-corrected chi connectivity index (χ3v) is 6.24. The van der Waals surface area contributed by atoms with E-state index in [4.69, 9.17) is 0 Å². The number of fused-ring (bicyclic) bond motifs is 2. The van der Waals surface area contributed by atoms with Crippen molar-refractivity contribution in [1.29, 1.82) is 0 Å². The number of amides is 3. The molecule has 2 bridgehead atoms. The zero-order valence-corrected chi connectivity index (χ0v) is 17.2. The summed E-state index contributed by atoms with van der Waals surface area (Å²) in [5.74, 6) is -0.0104. The molecule has 0 aliphatic carbocycles. The summed E-state index contributed by atoms with van der Waals surface area (Å²) in [7, 11) is 0. The van der Waals surface area contributed by atoms with E-state index < -0.39 is 0 Å². The molecule has 1 unspecified atom stereocenters. The fourth-order valence-electron chi connectivity index (χ4n) is 4.75. The van der Waals surface area contributed by atoms with Gasteiger partial charge in [0.25, 0.3) is 5.91 Å². The molecule has 2 fully saturated rings. The Kier molecular flexibility index (Phi) is 5.56. The van der Waals surface area contributed by atoms with E-state index >= 15 is 0 Å². The van der Waals surface area contributed by atoms with Crippen LogP contribution in [0.25, 0.3) is 0 Å². The van der Waals surface area contributed by atoms with Crippen LogP contribution < -0.4 is 10.6 Å². The molecule has 2 aliphatic heterocycles. The highest BCUT2D eigenvalue weighted by atomic mass is 16.2. The minimum atomic E-state index is -0.0211. The van der Waals surface area contributed by atoms with Crippen LogP contribution in [0.5, 0.6) is 0 Å². The van der Waals surface area contributed by atoms with Crippen molar-refractivity contribution in [3.8, 4) is 0 Å². The van der Waals surface area contributed by atoms with Crippen LogP contribution in [0.2, 0.25) is 0 Å². The minimum Gasteiger partial charge on any atom is -0.349 e. The number of nitrogens with one attached hydrogen (secondary N) is 2. The molecule has 0 saturated carbocycles. The summed E-state index contributed by atoms with van der Waals surface area (Å²) in [6.45, 7) is 3.99. The number of carbonyl (C=O) groups excluding carboxylic acids is 2. The van der Waals surface area contributed by atoms with Gasteiger partial charge >= 0.3 is 6.03 Å². The second-order valence-corrected chi connectivity index (χ2v) is 8.40. The molecule has 2 aromatic carbocycles. The molecule has 2 aromatic rings. The predicted octanol–water partition coefficient (Wildman–Crippen LogP) is 4.65. The third kappa shape index (κ3) is 4.29. The van der Waals surface area contributed by atoms with Crippen LogP contribution in [0.4, 0.5) is 10.5 Å². The van der Waals surface area contributed by atoms with Gasteiger partial charge in [-0.25, -0.2) is 4.79 Å². The predicted molar refractivity (Wildman–Crippen MR) is 115 cm³/mol. The van der Waals surface area contributed by atoms with Crippen molar-refractivity contribution in [2.45, 2.75) is 64.1 Å². The van der Waals surface area contributed by atoms with Crippen LogP contribution in [0.3, 0.4) is 0 Å². The number of hydrogen-bond acceptors (Lipinski definition) is 2. The lowest BCUT2D eigenvalue weighted by Gasteiger charge is -2.48. The van der Waals surface area contributed by atoms with Gasteiger partial charge in [0.15, 0.2) is 0 Å². The number of nitrogens with zero attached hydrogens (tertiary/aromatic N) is 1. The van der Waals surface area contributed by atoms with Crippen molar-refractivity contribution >= 4 is 17.6 Å². The van der Waals surface area contributed by atoms with Crippen molar-refractivity contribution in [2.75, 3.05) is 5.32 Å². The van der Waals surface area contributed by atoms with Crippen molar-refractivity contribution in [2.24, 2.45) is 0 Å². The molecule has 2 saturated heterocycles. The summed E-state index contributed by atoms with van der Waals surface area (Å²) >= 11 is 0. The molecular formula is C24H29N3O2. The van der Waals surface area contributed by atoms with Crippen molar-refractivity contribution in [1.82, 2.24) is 10.2 Å². The smallest absolute Gasteiger partial charge is 0.322 e. The van der Waals surface area contributed by atoms with Gasteiger partial charge in [-0.3, -0.25) is 4.79 Å². The second-order valence-electron chi connectivity index (χ2n) is 8.40. The first kappa shape index (κ1) is 19.5. The lowest BCUT2D eigenvalue weighted by Crippen LogP contribution is -2.59. The van der Waals surface area contributed by atoms with Crippen LogP contribution in [-0.2, 0) is 0 Å². The third-order valence-electron chi connectivity index (χ3n) is 6.24. The maximum absolute atomic E-state index is 13.0. The fraction of sp³-hybridized carbons (Fsp3) is 0.417. The summed E-state index contributed by atoms with van der Waals surface area (Å²) in [6.07, 6.45) is 4.76. The monoisotopic (exact) mass is 391 g/mol. The van der Waals surface area contributed by atoms with Gasteiger partial charge in [0, 0.05) is 29.4 Å². The highest BCUT2D eigenvalue weighted by Crippen LogP contribution is 2.34. The first-order chi connectivity index (χ1) is 14.0. The Bertz CT molecular complexity index is 879. The van der Waals surface area contributed by atoms with E-state index in [0.29, 0.717) is 0 Å². The fourth-order valence-corrected chi connectivity index (χ4v) is 4.75. The number of piperidine rings is 2. The standard InChI is InChI=1S/C24H29N3O2/c1-16-10-12-18(13-11-16)26-24(29)27-20-7-5-8-21(27)15-19(14-20)25-23(28)22-9-4-3-6-17(22)2/h3-4,6,9-13,19-21H,5,7-8,14-15H2,1-2H3,(H,25,28)(H,26,29)/t19?,20-,21+. The Labute approximate surface area is 172 Å². The van der Waals surface area contributed by atoms with Gasteiger partial charge in [-0.05, 0) is 69.7 Å². The van der Waals surface area contributed by atoms with Crippen LogP contribution >= 0.6 is 0 Å². The Hall–Kier alpha value is -2.82. The Morgan fingerprint density at radius 3 is 2.24 bits per heavy atom. The van der Waals surface area contributed by atoms with Gasteiger partial charge in [0.05, 0.1) is 0 Å². The first-order valence-electron chi connectivity index (χ1n) is 10.5. The molecule has 2 aliphatic rings. The van der Waals surface area contributed by atoms with E-state index in [-0.39, 0.29) is 30.1 Å². The molecule has 5 nitrogen and oxygen atoms in total. The molecule has 152 valence electrons. The SMILES string of the molecule is Cc1ccc(NC(=O)N2[C@@H]3CCC[C@H]2CC(NC(=O)c2ccccc2C)C3)cc1. The van der Waals surface area contributed by atoms with E-state index in [1.807, 2.05) is 67.3 Å². The molecule has 0 radical (unpaired) electrons. The normalized spacial score (nSPS) is 23.4. The van der Waals surface area contributed by atoms with E-state index in [2.05, 4.69) is 10.6 Å². The van der Waals surface area contributed by atoms with Gasteiger partial charge in [-0.2, -0.15) is 0 Å². The van der Waals surface area contributed by atoms with E-state index in [0.717, 1.165) is 48.9 Å². The number of carbonyl (C=O) groups is 2. The van der Waals surface area contributed by atoms with Crippen LogP contribution in [0, 0.1) is 13.8 Å². The van der Waals surface area contributed by atoms with E-state index in [1.165, 1.54) is 5.56 Å². The van der Waals surface area contributed by atoms with Crippen molar-refractivity contribution in [3.63, 3.8) is 0 Å². The zero-order chi connectivity index (χ0) is 20.4. The highest BCUT2D eigenvalue weighted by molar-refractivity contribution is 5.95. The summed E-state index contributed by atoms with van der Waals surface area (Å²) in [5, 5.41) is 6.28. The summed E-state index contributed by atoms with van der Waals surface area (Å²) in [6, 6.07) is 16.0. The maximum atomic E-state index is 13.0. The summed E-state index contributed by atoms with van der Waals surface area (Å²) < 4.78 is 0. The van der Waals surface area contributed by atoms with Gasteiger partial charge in [-0.15, -0.1) is 0 Å². The molecule has 2 heterocycles. The van der Waals surface area contributed by atoms with Crippen molar-refractivity contribution < 1.29 is 9.59 Å². The summed E-state index contributed by atoms with van der Waals surface area (Å²) in [5.41, 5.74) is 3.72. The Morgan fingerprint density at radius 1 is 0.931 bits per heavy atom. The van der Waals surface area contributed by atoms with Crippen LogP contribution in [0.1, 0.15) is 53.6 Å². The molecule has 3 amide bonds. The molecule has 0 aromatic heterocycles. The molecule has 4 rings (SSSR count). The number of aryl methyl sites for hydroxylation is 2. The summed E-state index contributed by atoms with van der Waals surface area (Å²) in [4.78, 5) is 27.7. The number of urea groups is 1. The second kappa shape index (κ2) is 8.27. The largest absolute Gasteiger partial charge is 0.349 e. The van der Waals surface area contributed by atoms with Gasteiger partial charge in [-0.1, -0.05) is 35.9 Å². The number of hydrogen-bond donors (Lipinski definition) is 2. The Morgan fingerprint density at radius 2 is 1.59 bits per heavy atom. The average molecular weight is 392 g/mol. The van der Waals surface area contributed by atoms with Gasteiger partial charge in [0.2, 0.25) is 0 Å². The van der Waals surface area contributed by atoms with Gasteiger partial charge in [0.1, 0.15) is 0 Å². The van der Waals surface area contributed by atoms with Crippen molar-refractivity contribution in [3.05, 3.63) is 65.2 Å². The molecule has 5 heteroatoms. The number of anilines is 1. The zero-order valence-electron chi connectivity index (χ0n) is 17.2. The average Bonchev–Trinajstić information content (AvgIpc) is 2.69. The molecular weight excluding hydrogens is 362 g/mol. The van der Waals surface area contributed by atoms with E-state index in [9.17, 15) is 9.59 Å². The van der Waals surface area contributed by atoms with Crippen LogP contribution in [-0.4, -0.2) is 35.0 Å². The lowest BCUT2D eigenvalue weighted by atomic mass is 9.82. The highest BCUT2D eigenvalue weighted by Gasteiger charge is 2.41. The first-order valence-corrected chi connectivity index (χ1v) is 10.5. The topological polar surface area (TPSA) is 61.4 Å². The molecule has 29 heavy (non-hydrogen) atoms. The minimum absolute atomic E-state index is 0.0104. The number of benzene rings is 2. The molecule has 0 spiro atoms.